The van der Waals surface area contributed by atoms with E-state index in [0.717, 1.165) is 17.0 Å². The van der Waals surface area contributed by atoms with Gasteiger partial charge in [-0.25, -0.2) is 0 Å². The van der Waals surface area contributed by atoms with Crippen LogP contribution in [0.25, 0.3) is 0 Å². The molecule has 0 aliphatic heterocycles. The molecule has 0 saturated heterocycles. The lowest BCUT2D eigenvalue weighted by Crippen LogP contribution is -1.79. The van der Waals surface area contributed by atoms with E-state index in [0.29, 0.717) is 5.02 Å². The molecule has 0 radical (unpaired) electrons. The van der Waals surface area contributed by atoms with Crippen molar-refractivity contribution in [1.82, 2.24) is 0 Å². The highest BCUT2D eigenvalue weighted by atomic mass is 35.5. The Balaban J connectivity index is 3.07. The number of hydrogen-bond donors (Lipinski definition) is 0. The highest BCUT2D eigenvalue weighted by molar-refractivity contribution is 6.35. The summed E-state index contributed by atoms with van der Waals surface area (Å²) in [4.78, 5) is 0. The normalized spacial score (nSPS) is 9.90. The van der Waals surface area contributed by atoms with Crippen molar-refractivity contribution in [3.63, 3.8) is 0 Å². The van der Waals surface area contributed by atoms with Crippen molar-refractivity contribution in [2.24, 2.45) is 0 Å². The molecule has 0 atom stereocenters. The fourth-order valence-corrected chi connectivity index (χ4v) is 1.35. The molecule has 0 heterocycles. The van der Waals surface area contributed by atoms with Gasteiger partial charge in [0.25, 0.3) is 0 Å². The fourth-order valence-electron chi connectivity index (χ4n) is 0.808. The number of hydrogen-bond acceptors (Lipinski definition) is 0. The lowest BCUT2D eigenvalue weighted by Gasteiger charge is -1.98. The lowest BCUT2D eigenvalue weighted by molar-refractivity contribution is 1.14. The second-order valence-electron chi connectivity index (χ2n) is 2.09. The monoisotopic (exact) mass is 174 g/mol. The van der Waals surface area contributed by atoms with Crippen LogP contribution in [0, 0.1) is 0 Å². The van der Waals surface area contributed by atoms with Gasteiger partial charge in [-0.05, 0) is 24.1 Å². The van der Waals surface area contributed by atoms with E-state index in [-0.39, 0.29) is 0 Å². The van der Waals surface area contributed by atoms with E-state index in [9.17, 15) is 0 Å². The smallest absolute Gasteiger partial charge is 0.0452 e. The van der Waals surface area contributed by atoms with Gasteiger partial charge in [0.15, 0.2) is 0 Å². The summed E-state index contributed by atoms with van der Waals surface area (Å²) >= 11 is 11.5. The minimum absolute atomic E-state index is 0.696. The van der Waals surface area contributed by atoms with E-state index in [1.807, 2.05) is 12.1 Å². The van der Waals surface area contributed by atoms with E-state index < -0.39 is 0 Å². The van der Waals surface area contributed by atoms with Gasteiger partial charge in [0.1, 0.15) is 0 Å². The molecule has 1 rings (SSSR count). The molecule has 54 valence electrons. The summed E-state index contributed by atoms with van der Waals surface area (Å²) in [6.45, 7) is 2.06. The van der Waals surface area contributed by atoms with Crippen molar-refractivity contribution in [1.29, 1.82) is 0 Å². The number of benzene rings is 1. The predicted octanol–water partition coefficient (Wildman–Crippen LogP) is 3.56. The first-order chi connectivity index (χ1) is 4.74. The molecule has 0 fully saturated rings. The number of aryl methyl sites for hydroxylation is 1. The Labute approximate surface area is 70.8 Å². The van der Waals surface area contributed by atoms with Gasteiger partial charge in [0.05, 0.1) is 0 Å². The van der Waals surface area contributed by atoms with Gasteiger partial charge in [-0.15, -0.1) is 0 Å². The molecular formula is C8H8Cl2. The summed E-state index contributed by atoms with van der Waals surface area (Å²) in [5.74, 6) is 0. The first kappa shape index (κ1) is 7.90. The maximum Gasteiger partial charge on any atom is 0.0452 e. The molecule has 10 heavy (non-hydrogen) atoms. The van der Waals surface area contributed by atoms with Gasteiger partial charge in [-0.1, -0.05) is 36.2 Å². The van der Waals surface area contributed by atoms with Crippen LogP contribution in [-0.4, -0.2) is 0 Å². The van der Waals surface area contributed by atoms with Crippen LogP contribution < -0.4 is 0 Å². The molecule has 1 aromatic carbocycles. The maximum absolute atomic E-state index is 5.85. The van der Waals surface area contributed by atoms with E-state index in [4.69, 9.17) is 23.2 Å². The van der Waals surface area contributed by atoms with Crippen LogP contribution >= 0.6 is 23.2 Å². The van der Waals surface area contributed by atoms with Crippen molar-refractivity contribution in [2.75, 3.05) is 0 Å². The first-order valence-corrected chi connectivity index (χ1v) is 3.93. The lowest BCUT2D eigenvalue weighted by atomic mass is 10.2. The highest BCUT2D eigenvalue weighted by Crippen LogP contribution is 2.20. The Morgan fingerprint density at radius 2 is 2.00 bits per heavy atom. The molecule has 1 aromatic rings. The Morgan fingerprint density at radius 3 is 2.50 bits per heavy atom. The second-order valence-corrected chi connectivity index (χ2v) is 2.93. The zero-order valence-corrected chi connectivity index (χ0v) is 7.21. The van der Waals surface area contributed by atoms with Crippen molar-refractivity contribution in [2.45, 2.75) is 13.3 Å². The van der Waals surface area contributed by atoms with Gasteiger partial charge in [0, 0.05) is 10.0 Å². The number of halogens is 2. The third kappa shape index (κ3) is 1.65. The van der Waals surface area contributed by atoms with E-state index in [1.54, 1.807) is 6.07 Å². The van der Waals surface area contributed by atoms with Crippen LogP contribution in [0.4, 0.5) is 0 Å². The van der Waals surface area contributed by atoms with Crippen LogP contribution in [0.3, 0.4) is 0 Å². The van der Waals surface area contributed by atoms with Crippen LogP contribution in [0.5, 0.6) is 0 Å². The maximum atomic E-state index is 5.85. The van der Waals surface area contributed by atoms with Gasteiger partial charge < -0.3 is 0 Å². The number of rotatable bonds is 1. The first-order valence-electron chi connectivity index (χ1n) is 3.18. The molecule has 0 unspecified atom stereocenters. The minimum atomic E-state index is 0.696. The molecule has 0 N–H and O–H groups in total. The van der Waals surface area contributed by atoms with Crippen molar-refractivity contribution in [3.05, 3.63) is 33.8 Å². The fraction of sp³-hybridized carbons (Fsp3) is 0.250. The molecule has 0 aliphatic carbocycles. The molecular weight excluding hydrogens is 167 g/mol. The predicted molar refractivity (Wildman–Crippen MR) is 45.8 cm³/mol. The third-order valence-corrected chi connectivity index (χ3v) is 1.98. The summed E-state index contributed by atoms with van der Waals surface area (Å²) in [6.07, 6.45) is 0.954. The summed E-state index contributed by atoms with van der Waals surface area (Å²) < 4.78 is 0. The van der Waals surface area contributed by atoms with Crippen molar-refractivity contribution < 1.29 is 0 Å². The van der Waals surface area contributed by atoms with Crippen LogP contribution in [-0.2, 0) is 6.42 Å². The van der Waals surface area contributed by atoms with Gasteiger partial charge >= 0.3 is 0 Å². The largest absolute Gasteiger partial charge is 0.0843 e. The average molecular weight is 175 g/mol. The molecule has 0 aromatic heterocycles. The van der Waals surface area contributed by atoms with Crippen molar-refractivity contribution in [3.8, 4) is 0 Å². The quantitative estimate of drug-likeness (QED) is 0.612. The Hall–Kier alpha value is -0.200. The SMILES string of the molecule is CCc1ccc(Cl)cc1Cl. The van der Waals surface area contributed by atoms with Crippen LogP contribution in [0.15, 0.2) is 18.2 Å². The van der Waals surface area contributed by atoms with Gasteiger partial charge in [-0.2, -0.15) is 0 Å². The molecule has 0 saturated carbocycles. The summed E-state index contributed by atoms with van der Waals surface area (Å²) in [7, 11) is 0. The average Bonchev–Trinajstić information content (AvgIpc) is 1.88. The molecule has 0 aliphatic rings. The zero-order chi connectivity index (χ0) is 7.56. The highest BCUT2D eigenvalue weighted by Gasteiger charge is 1.96. The van der Waals surface area contributed by atoms with E-state index in [1.165, 1.54) is 0 Å². The second kappa shape index (κ2) is 3.27. The van der Waals surface area contributed by atoms with E-state index >= 15 is 0 Å². The molecule has 0 spiro atoms. The van der Waals surface area contributed by atoms with Gasteiger partial charge in [-0.3, -0.25) is 0 Å². The zero-order valence-electron chi connectivity index (χ0n) is 5.70. The Morgan fingerprint density at radius 1 is 1.30 bits per heavy atom. The van der Waals surface area contributed by atoms with E-state index in [2.05, 4.69) is 6.92 Å². The third-order valence-electron chi connectivity index (χ3n) is 1.40. The topological polar surface area (TPSA) is 0 Å². The molecule has 0 amide bonds. The minimum Gasteiger partial charge on any atom is -0.0843 e. The Kier molecular flexibility index (Phi) is 2.58. The molecule has 0 nitrogen and oxygen atoms in total. The standard InChI is InChI=1S/C8H8Cl2/c1-2-6-3-4-7(9)5-8(6)10/h3-5H,2H2,1H3. The summed E-state index contributed by atoms with van der Waals surface area (Å²) in [5, 5.41) is 1.46. The molecule has 2 heteroatoms. The summed E-state index contributed by atoms with van der Waals surface area (Å²) in [5.41, 5.74) is 1.14. The van der Waals surface area contributed by atoms with Crippen LogP contribution in [0.1, 0.15) is 12.5 Å². The summed E-state index contributed by atoms with van der Waals surface area (Å²) in [6, 6.07) is 5.57. The molecule has 0 bridgehead atoms. The Bertz CT molecular complexity index is 231. The van der Waals surface area contributed by atoms with Crippen LogP contribution in [0.2, 0.25) is 10.0 Å². The van der Waals surface area contributed by atoms with Crippen molar-refractivity contribution >= 4 is 23.2 Å². The van der Waals surface area contributed by atoms with Gasteiger partial charge in [0.2, 0.25) is 0 Å².